The number of ether oxygens (including phenoxy) is 1. The van der Waals surface area contributed by atoms with E-state index >= 15 is 0 Å². The molecule has 0 saturated carbocycles. The van der Waals surface area contributed by atoms with Crippen molar-refractivity contribution in [2.24, 2.45) is 10.8 Å². The van der Waals surface area contributed by atoms with E-state index in [1.807, 2.05) is 0 Å². The molecule has 25 heavy (non-hydrogen) atoms. The van der Waals surface area contributed by atoms with Crippen LogP contribution in [-0.4, -0.2) is 17.7 Å². The summed E-state index contributed by atoms with van der Waals surface area (Å²) in [6.45, 7) is 4.86. The van der Waals surface area contributed by atoms with Gasteiger partial charge in [-0.15, -0.1) is 0 Å². The van der Waals surface area contributed by atoms with Crippen LogP contribution in [0.2, 0.25) is 0 Å². The van der Waals surface area contributed by atoms with Crippen molar-refractivity contribution in [1.82, 2.24) is 0 Å². The number of rotatable bonds is 6. The molecule has 0 radical (unpaired) electrons. The number of hydrogen-bond donors (Lipinski definition) is 1. The Kier molecular flexibility index (Phi) is 3.93. The van der Waals surface area contributed by atoms with Crippen LogP contribution in [0.15, 0.2) is 24.0 Å². The fourth-order valence-corrected chi connectivity index (χ4v) is 5.70. The minimum absolute atomic E-state index is 0.0799. The molecule has 1 N–H and O–H groups in total. The van der Waals surface area contributed by atoms with Gasteiger partial charge in [0.15, 0.2) is 0 Å². The van der Waals surface area contributed by atoms with Gasteiger partial charge < -0.3 is 9.84 Å². The fraction of sp³-hybridized carbons (Fsp3) is 0.591. The normalized spacial score (nSPS) is 25.8. The van der Waals surface area contributed by atoms with Crippen molar-refractivity contribution in [3.63, 3.8) is 0 Å². The van der Waals surface area contributed by atoms with E-state index in [0.717, 1.165) is 62.5 Å². The molecular weight excluding hydrogens is 312 g/mol. The molecule has 1 unspecified atom stereocenters. The van der Waals surface area contributed by atoms with Crippen molar-refractivity contribution in [1.29, 1.82) is 0 Å². The zero-order chi connectivity index (χ0) is 17.7. The first kappa shape index (κ1) is 16.7. The number of allylic oxidation sites excluding steroid dienone is 1. The van der Waals surface area contributed by atoms with Crippen molar-refractivity contribution in [3.8, 4) is 0 Å². The number of esters is 1. The molecule has 1 aromatic rings. The lowest BCUT2D eigenvalue weighted by Crippen LogP contribution is -2.48. The second-order valence-electron chi connectivity index (χ2n) is 8.17. The Bertz CT molecular complexity index is 738. The largest absolute Gasteiger partial charge is 0.502 e. The Morgan fingerprint density at radius 3 is 2.52 bits per heavy atom. The molecule has 3 bridgehead atoms. The molecule has 2 aliphatic carbocycles. The summed E-state index contributed by atoms with van der Waals surface area (Å²) in [4.78, 5) is 12.4. The molecule has 1 spiro atoms. The lowest BCUT2D eigenvalue weighted by Gasteiger charge is -2.51. The van der Waals surface area contributed by atoms with Crippen LogP contribution < -0.4 is 0 Å². The van der Waals surface area contributed by atoms with Gasteiger partial charge in [0.05, 0.1) is 6.61 Å². The van der Waals surface area contributed by atoms with Crippen LogP contribution in [0.4, 0.5) is 0 Å². The molecule has 0 amide bonds. The van der Waals surface area contributed by atoms with Gasteiger partial charge in [-0.3, -0.25) is 0 Å². The second kappa shape index (κ2) is 5.89. The smallest absolute Gasteiger partial charge is 0.373 e. The summed E-state index contributed by atoms with van der Waals surface area (Å²) in [6, 6.07) is 6.40. The summed E-state index contributed by atoms with van der Waals surface area (Å²) in [6.07, 6.45) is 8.47. The number of unbranched alkanes of at least 4 members (excludes halogenated alkanes) is 2. The molecule has 3 nitrogen and oxygen atoms in total. The maximum absolute atomic E-state index is 12.4. The Balaban J connectivity index is 2.00. The SMILES string of the molecule is CCCCC1(CCCC)C2=C(O)C(=O)OCC13Cc1cccc2c1C3. The molecule has 0 saturated heterocycles. The van der Waals surface area contributed by atoms with E-state index < -0.39 is 5.97 Å². The molecule has 4 rings (SSSR count). The van der Waals surface area contributed by atoms with Gasteiger partial charge in [0.25, 0.3) is 0 Å². The van der Waals surface area contributed by atoms with Crippen molar-refractivity contribution in [2.75, 3.05) is 6.61 Å². The Hall–Kier alpha value is -1.77. The monoisotopic (exact) mass is 340 g/mol. The van der Waals surface area contributed by atoms with Gasteiger partial charge in [0, 0.05) is 16.4 Å². The number of hydrogen-bond acceptors (Lipinski definition) is 3. The highest BCUT2D eigenvalue weighted by molar-refractivity contribution is 5.99. The van der Waals surface area contributed by atoms with Gasteiger partial charge in [-0.25, -0.2) is 4.79 Å². The average molecular weight is 340 g/mol. The van der Waals surface area contributed by atoms with Crippen molar-refractivity contribution in [3.05, 3.63) is 40.6 Å². The van der Waals surface area contributed by atoms with Crippen molar-refractivity contribution >= 4 is 11.5 Å². The standard InChI is InChI=1S/C22H28O3/c1-3-5-10-22(11-6-4-2)18-16-9-7-8-15-12-21(22,13-17(15)16)14-25-20(24)19(18)23/h7-9,23H,3-6,10-14H2,1-2H3. The van der Waals surface area contributed by atoms with Gasteiger partial charge >= 0.3 is 5.97 Å². The van der Waals surface area contributed by atoms with E-state index in [4.69, 9.17) is 4.74 Å². The van der Waals surface area contributed by atoms with Crippen LogP contribution in [0.3, 0.4) is 0 Å². The van der Waals surface area contributed by atoms with Crippen LogP contribution >= 0.6 is 0 Å². The molecule has 3 heteroatoms. The van der Waals surface area contributed by atoms with Gasteiger partial charge in [0.1, 0.15) is 0 Å². The molecule has 0 fully saturated rings. The zero-order valence-corrected chi connectivity index (χ0v) is 15.4. The lowest BCUT2D eigenvalue weighted by molar-refractivity contribution is -0.146. The Labute approximate surface area is 150 Å². The second-order valence-corrected chi connectivity index (χ2v) is 8.17. The van der Waals surface area contributed by atoms with Gasteiger partial charge in [-0.1, -0.05) is 57.7 Å². The van der Waals surface area contributed by atoms with Gasteiger partial charge in [0.2, 0.25) is 5.76 Å². The first-order chi connectivity index (χ1) is 12.1. The summed E-state index contributed by atoms with van der Waals surface area (Å²) >= 11 is 0. The molecule has 1 aliphatic heterocycles. The van der Waals surface area contributed by atoms with E-state index in [9.17, 15) is 9.90 Å². The molecular formula is C22H28O3. The molecule has 1 aromatic carbocycles. The zero-order valence-electron chi connectivity index (χ0n) is 15.4. The minimum Gasteiger partial charge on any atom is -0.502 e. The number of carbonyl (C=O) groups is 1. The average Bonchev–Trinajstić information content (AvgIpc) is 2.98. The Morgan fingerprint density at radius 2 is 1.84 bits per heavy atom. The maximum Gasteiger partial charge on any atom is 0.373 e. The maximum atomic E-state index is 12.4. The number of fused-ring (bicyclic) bond motifs is 2. The van der Waals surface area contributed by atoms with Crippen LogP contribution in [0.25, 0.3) is 5.57 Å². The number of benzene rings is 1. The lowest BCUT2D eigenvalue weighted by atomic mass is 9.51. The molecule has 1 atom stereocenters. The molecule has 0 aromatic heterocycles. The first-order valence-corrected chi connectivity index (χ1v) is 9.80. The van der Waals surface area contributed by atoms with E-state index in [0.29, 0.717) is 6.61 Å². The van der Waals surface area contributed by atoms with Crippen molar-refractivity contribution in [2.45, 2.75) is 65.2 Å². The minimum atomic E-state index is -0.533. The fourth-order valence-electron chi connectivity index (χ4n) is 5.70. The Morgan fingerprint density at radius 1 is 1.12 bits per heavy atom. The summed E-state index contributed by atoms with van der Waals surface area (Å²) < 4.78 is 5.61. The highest BCUT2D eigenvalue weighted by Gasteiger charge is 2.62. The summed E-state index contributed by atoms with van der Waals surface area (Å²) in [7, 11) is 0. The van der Waals surface area contributed by atoms with E-state index in [1.165, 1.54) is 11.1 Å². The van der Waals surface area contributed by atoms with Crippen LogP contribution in [0.5, 0.6) is 0 Å². The first-order valence-electron chi connectivity index (χ1n) is 9.80. The molecule has 3 aliphatic rings. The van der Waals surface area contributed by atoms with E-state index in [2.05, 4.69) is 32.0 Å². The number of aliphatic hydroxyl groups is 1. The summed E-state index contributed by atoms with van der Waals surface area (Å²) in [5, 5.41) is 10.9. The predicted molar refractivity (Wildman–Crippen MR) is 98.3 cm³/mol. The number of aliphatic hydroxyl groups excluding tert-OH is 1. The van der Waals surface area contributed by atoms with Crippen molar-refractivity contribution < 1.29 is 14.6 Å². The number of carbonyl (C=O) groups excluding carboxylic acids is 1. The quantitative estimate of drug-likeness (QED) is 0.743. The topological polar surface area (TPSA) is 46.5 Å². The van der Waals surface area contributed by atoms with Crippen LogP contribution in [0, 0.1) is 10.8 Å². The molecule has 1 heterocycles. The highest BCUT2D eigenvalue weighted by Crippen LogP contribution is 2.66. The third-order valence-corrected chi connectivity index (χ3v) is 6.90. The predicted octanol–water partition coefficient (Wildman–Crippen LogP) is 4.98. The highest BCUT2D eigenvalue weighted by atomic mass is 16.5. The third-order valence-electron chi connectivity index (χ3n) is 6.90. The van der Waals surface area contributed by atoms with Gasteiger partial charge in [-0.05, 0) is 42.4 Å². The summed E-state index contributed by atoms with van der Waals surface area (Å²) in [5.41, 5.74) is 4.50. The summed E-state index contributed by atoms with van der Waals surface area (Å²) in [5.74, 6) is -0.663. The van der Waals surface area contributed by atoms with E-state index in [1.54, 1.807) is 0 Å². The van der Waals surface area contributed by atoms with Gasteiger partial charge in [-0.2, -0.15) is 0 Å². The molecule has 134 valence electrons. The van der Waals surface area contributed by atoms with Crippen LogP contribution in [-0.2, 0) is 22.4 Å². The third kappa shape index (κ3) is 2.14. The number of cyclic esters (lactones) is 1. The van der Waals surface area contributed by atoms with Crippen LogP contribution in [0.1, 0.15) is 69.1 Å². The van der Waals surface area contributed by atoms with E-state index in [-0.39, 0.29) is 16.6 Å².